The molecule has 0 radical (unpaired) electrons. The minimum absolute atomic E-state index is 0.00641. The molecule has 0 saturated heterocycles. The quantitative estimate of drug-likeness (QED) is 0.795. The van der Waals surface area contributed by atoms with Crippen molar-refractivity contribution in [2.45, 2.75) is 0 Å². The van der Waals surface area contributed by atoms with Crippen LogP contribution in [0.4, 0.5) is 4.39 Å². The van der Waals surface area contributed by atoms with Gasteiger partial charge in [-0.05, 0) is 34.1 Å². The maximum Gasteiger partial charge on any atom is 0.214 e. The summed E-state index contributed by atoms with van der Waals surface area (Å²) in [6, 6.07) is 6.00. The molecule has 0 aliphatic heterocycles. The van der Waals surface area contributed by atoms with E-state index in [0.29, 0.717) is 0 Å². The molecule has 0 aliphatic carbocycles. The lowest BCUT2D eigenvalue weighted by Crippen LogP contribution is -2.06. The Labute approximate surface area is 99.5 Å². The van der Waals surface area contributed by atoms with Crippen molar-refractivity contribution < 1.29 is 9.18 Å². The van der Waals surface area contributed by atoms with E-state index in [1.165, 1.54) is 30.7 Å². The molecule has 0 bridgehead atoms. The minimum Gasteiger partial charge on any atom is -0.287 e. The van der Waals surface area contributed by atoms with Gasteiger partial charge in [-0.2, -0.15) is 0 Å². The lowest BCUT2D eigenvalue weighted by Gasteiger charge is -2.02. The van der Waals surface area contributed by atoms with Crippen molar-refractivity contribution in [1.29, 1.82) is 0 Å². The van der Waals surface area contributed by atoms with E-state index in [-0.39, 0.29) is 15.7 Å². The summed E-state index contributed by atoms with van der Waals surface area (Å²) in [6.45, 7) is 0. The van der Waals surface area contributed by atoms with Crippen molar-refractivity contribution in [1.82, 2.24) is 9.97 Å². The number of benzene rings is 1. The van der Waals surface area contributed by atoms with Crippen LogP contribution in [0.15, 0.2) is 41.3 Å². The molecule has 1 heterocycles. The van der Waals surface area contributed by atoms with Crippen molar-refractivity contribution in [2.75, 3.05) is 0 Å². The van der Waals surface area contributed by atoms with Gasteiger partial charge in [0.15, 0.2) is 0 Å². The fourth-order valence-electron chi connectivity index (χ4n) is 1.24. The fourth-order valence-corrected chi connectivity index (χ4v) is 1.61. The molecule has 0 aliphatic rings. The molecule has 1 aromatic heterocycles. The molecule has 80 valence electrons. The summed E-state index contributed by atoms with van der Waals surface area (Å²) in [4.78, 5) is 19.3. The Morgan fingerprint density at radius 3 is 2.81 bits per heavy atom. The Balaban J connectivity index is 2.46. The normalized spacial score (nSPS) is 10.1. The zero-order valence-electron chi connectivity index (χ0n) is 8.02. The third kappa shape index (κ3) is 1.99. The third-order valence-corrected chi connectivity index (χ3v) is 2.62. The van der Waals surface area contributed by atoms with Gasteiger partial charge in [-0.3, -0.25) is 4.79 Å². The smallest absolute Gasteiger partial charge is 0.214 e. The van der Waals surface area contributed by atoms with E-state index >= 15 is 0 Å². The summed E-state index contributed by atoms with van der Waals surface area (Å²) in [5.74, 6) is -1.03. The summed E-state index contributed by atoms with van der Waals surface area (Å²) in [5.41, 5.74) is 0.167. The number of hydrogen-bond acceptors (Lipinski definition) is 3. The Kier molecular flexibility index (Phi) is 3.05. The van der Waals surface area contributed by atoms with Gasteiger partial charge in [0.1, 0.15) is 17.8 Å². The monoisotopic (exact) mass is 280 g/mol. The van der Waals surface area contributed by atoms with Crippen LogP contribution in [0.2, 0.25) is 0 Å². The van der Waals surface area contributed by atoms with Crippen LogP contribution in [0, 0.1) is 5.82 Å². The standard InChI is InChI=1S/C11H6BrFN2O/c12-8-3-1-2-7(10(8)13)11(16)9-4-5-14-6-15-9/h1-6H. The van der Waals surface area contributed by atoms with E-state index in [2.05, 4.69) is 25.9 Å². The van der Waals surface area contributed by atoms with E-state index in [9.17, 15) is 9.18 Å². The first kappa shape index (κ1) is 10.9. The molecule has 0 amide bonds. The molecule has 2 aromatic rings. The fraction of sp³-hybridized carbons (Fsp3) is 0. The summed E-state index contributed by atoms with van der Waals surface area (Å²) >= 11 is 3.03. The van der Waals surface area contributed by atoms with Crippen LogP contribution in [0.5, 0.6) is 0 Å². The molecule has 0 atom stereocenters. The first-order valence-electron chi connectivity index (χ1n) is 4.45. The molecule has 3 nitrogen and oxygen atoms in total. The molecule has 0 saturated carbocycles. The topological polar surface area (TPSA) is 42.9 Å². The molecule has 0 fully saturated rings. The first-order valence-corrected chi connectivity index (χ1v) is 5.24. The van der Waals surface area contributed by atoms with Crippen LogP contribution in [0.3, 0.4) is 0 Å². The third-order valence-electron chi connectivity index (χ3n) is 2.01. The van der Waals surface area contributed by atoms with Crippen molar-refractivity contribution in [3.8, 4) is 0 Å². The van der Waals surface area contributed by atoms with Gasteiger partial charge in [0.05, 0.1) is 10.0 Å². The van der Waals surface area contributed by atoms with Gasteiger partial charge in [0.2, 0.25) is 5.78 Å². The number of ketones is 1. The van der Waals surface area contributed by atoms with Crippen LogP contribution in [-0.2, 0) is 0 Å². The number of carbonyl (C=O) groups excluding carboxylic acids is 1. The van der Waals surface area contributed by atoms with Gasteiger partial charge < -0.3 is 0 Å². The van der Waals surface area contributed by atoms with E-state index in [1.807, 2.05) is 0 Å². The number of hydrogen-bond donors (Lipinski definition) is 0. The van der Waals surface area contributed by atoms with Crippen LogP contribution in [0.1, 0.15) is 16.1 Å². The maximum atomic E-state index is 13.6. The second-order valence-electron chi connectivity index (χ2n) is 3.03. The Morgan fingerprint density at radius 1 is 1.31 bits per heavy atom. The number of aromatic nitrogens is 2. The predicted molar refractivity (Wildman–Crippen MR) is 59.6 cm³/mol. The molecule has 1 aromatic carbocycles. The van der Waals surface area contributed by atoms with Gasteiger partial charge >= 0.3 is 0 Å². The highest BCUT2D eigenvalue weighted by atomic mass is 79.9. The highest BCUT2D eigenvalue weighted by molar-refractivity contribution is 9.10. The van der Waals surface area contributed by atoms with Crippen LogP contribution in [-0.4, -0.2) is 15.8 Å². The van der Waals surface area contributed by atoms with E-state index in [1.54, 1.807) is 6.07 Å². The number of nitrogens with zero attached hydrogens (tertiary/aromatic N) is 2. The van der Waals surface area contributed by atoms with Gasteiger partial charge in [0, 0.05) is 6.20 Å². The van der Waals surface area contributed by atoms with E-state index in [4.69, 9.17) is 0 Å². The van der Waals surface area contributed by atoms with E-state index in [0.717, 1.165) is 0 Å². The van der Waals surface area contributed by atoms with Crippen LogP contribution in [0.25, 0.3) is 0 Å². The Morgan fingerprint density at radius 2 is 2.12 bits per heavy atom. The number of halogens is 2. The van der Waals surface area contributed by atoms with E-state index < -0.39 is 11.6 Å². The van der Waals surface area contributed by atoms with Crippen molar-refractivity contribution in [3.05, 3.63) is 58.3 Å². The summed E-state index contributed by atoms with van der Waals surface area (Å²) in [6.07, 6.45) is 2.69. The van der Waals surface area contributed by atoms with Crippen molar-refractivity contribution in [3.63, 3.8) is 0 Å². The summed E-state index contributed by atoms with van der Waals surface area (Å²) in [5, 5.41) is 0. The zero-order valence-corrected chi connectivity index (χ0v) is 9.61. The molecule has 0 N–H and O–H groups in total. The highest BCUT2D eigenvalue weighted by Gasteiger charge is 2.16. The second kappa shape index (κ2) is 4.49. The van der Waals surface area contributed by atoms with Crippen LogP contribution >= 0.6 is 15.9 Å². The molecule has 0 spiro atoms. The lowest BCUT2D eigenvalue weighted by atomic mass is 10.1. The highest BCUT2D eigenvalue weighted by Crippen LogP contribution is 2.20. The van der Waals surface area contributed by atoms with Crippen molar-refractivity contribution in [2.24, 2.45) is 0 Å². The van der Waals surface area contributed by atoms with Gasteiger partial charge in [0.25, 0.3) is 0 Å². The number of rotatable bonds is 2. The summed E-state index contributed by atoms with van der Waals surface area (Å²) in [7, 11) is 0. The summed E-state index contributed by atoms with van der Waals surface area (Å²) < 4.78 is 13.9. The zero-order chi connectivity index (χ0) is 11.5. The molecule has 2 rings (SSSR count). The van der Waals surface area contributed by atoms with Gasteiger partial charge in [-0.1, -0.05) is 6.07 Å². The predicted octanol–water partition coefficient (Wildman–Crippen LogP) is 2.61. The van der Waals surface area contributed by atoms with Gasteiger partial charge in [-0.25, -0.2) is 14.4 Å². The Bertz CT molecular complexity index is 531. The average molecular weight is 281 g/mol. The largest absolute Gasteiger partial charge is 0.287 e. The lowest BCUT2D eigenvalue weighted by molar-refractivity contribution is 0.103. The first-order chi connectivity index (χ1) is 7.70. The molecule has 16 heavy (non-hydrogen) atoms. The maximum absolute atomic E-state index is 13.6. The molecule has 0 unspecified atom stereocenters. The SMILES string of the molecule is O=C(c1ccncn1)c1cccc(Br)c1F. The molecular formula is C11H6BrFN2O. The van der Waals surface area contributed by atoms with Crippen molar-refractivity contribution >= 4 is 21.7 Å². The molecular weight excluding hydrogens is 275 g/mol. The second-order valence-corrected chi connectivity index (χ2v) is 3.88. The minimum atomic E-state index is -0.578. The number of carbonyl (C=O) groups is 1. The van der Waals surface area contributed by atoms with Gasteiger partial charge in [-0.15, -0.1) is 0 Å². The molecule has 5 heteroatoms. The average Bonchev–Trinajstić information content (AvgIpc) is 2.33. The van der Waals surface area contributed by atoms with Crippen LogP contribution < -0.4 is 0 Å². The Hall–Kier alpha value is -1.62.